The highest BCUT2D eigenvalue weighted by Crippen LogP contribution is 2.16. The molecule has 0 heterocycles. The van der Waals surface area contributed by atoms with Crippen LogP contribution in [0.1, 0.15) is 52.9 Å². The molecule has 0 aromatic carbocycles. The van der Waals surface area contributed by atoms with Crippen LogP contribution in [-0.2, 0) is 4.79 Å². The SMILES string of the molecule is C#CCCCCC(=O)N(CCC)CC(C)(C)CN. The highest BCUT2D eigenvalue weighted by Gasteiger charge is 2.22. The first-order valence-electron chi connectivity index (χ1n) is 6.88. The molecule has 0 aliphatic rings. The van der Waals surface area contributed by atoms with E-state index in [1.165, 1.54) is 0 Å². The summed E-state index contributed by atoms with van der Waals surface area (Å²) >= 11 is 0. The molecule has 0 spiro atoms. The van der Waals surface area contributed by atoms with E-state index in [-0.39, 0.29) is 11.3 Å². The van der Waals surface area contributed by atoms with Crippen molar-refractivity contribution in [2.24, 2.45) is 11.1 Å². The van der Waals surface area contributed by atoms with Crippen molar-refractivity contribution in [3.05, 3.63) is 0 Å². The van der Waals surface area contributed by atoms with Crippen molar-refractivity contribution in [3.63, 3.8) is 0 Å². The third kappa shape index (κ3) is 7.34. The number of nitrogens with zero attached hydrogens (tertiary/aromatic N) is 1. The van der Waals surface area contributed by atoms with E-state index >= 15 is 0 Å². The minimum absolute atomic E-state index is 0.0103. The monoisotopic (exact) mass is 252 g/mol. The Hall–Kier alpha value is -1.01. The lowest BCUT2D eigenvalue weighted by Gasteiger charge is -2.31. The van der Waals surface area contributed by atoms with E-state index in [9.17, 15) is 4.79 Å². The van der Waals surface area contributed by atoms with Crippen LogP contribution in [0.2, 0.25) is 0 Å². The second kappa shape index (κ2) is 8.99. The molecule has 0 atom stereocenters. The zero-order chi connectivity index (χ0) is 14.0. The second-order valence-electron chi connectivity index (χ2n) is 5.59. The number of terminal acetylenes is 1. The first-order valence-corrected chi connectivity index (χ1v) is 6.88. The van der Waals surface area contributed by atoms with Gasteiger partial charge < -0.3 is 10.6 Å². The largest absolute Gasteiger partial charge is 0.342 e. The Labute approximate surface area is 112 Å². The van der Waals surface area contributed by atoms with Gasteiger partial charge in [-0.25, -0.2) is 0 Å². The molecule has 0 bridgehead atoms. The fourth-order valence-corrected chi connectivity index (χ4v) is 1.80. The summed E-state index contributed by atoms with van der Waals surface area (Å²) in [5.41, 5.74) is 5.72. The van der Waals surface area contributed by atoms with Gasteiger partial charge in [-0.3, -0.25) is 4.79 Å². The second-order valence-corrected chi connectivity index (χ2v) is 5.59. The summed E-state index contributed by atoms with van der Waals surface area (Å²) in [5, 5.41) is 0. The van der Waals surface area contributed by atoms with Crippen LogP contribution in [0, 0.1) is 17.8 Å². The van der Waals surface area contributed by atoms with Crippen molar-refractivity contribution in [1.82, 2.24) is 4.90 Å². The van der Waals surface area contributed by atoms with Gasteiger partial charge in [0.05, 0.1) is 0 Å². The summed E-state index contributed by atoms with van der Waals surface area (Å²) in [6.07, 6.45) is 9.35. The van der Waals surface area contributed by atoms with Crippen LogP contribution in [0.3, 0.4) is 0 Å². The van der Waals surface area contributed by atoms with Crippen LogP contribution in [0.5, 0.6) is 0 Å². The van der Waals surface area contributed by atoms with Crippen molar-refractivity contribution in [3.8, 4) is 12.3 Å². The normalized spacial score (nSPS) is 11.1. The molecule has 0 aromatic rings. The van der Waals surface area contributed by atoms with E-state index in [2.05, 4.69) is 26.7 Å². The maximum Gasteiger partial charge on any atom is 0.222 e. The highest BCUT2D eigenvalue weighted by atomic mass is 16.2. The molecule has 0 saturated carbocycles. The van der Waals surface area contributed by atoms with E-state index < -0.39 is 0 Å². The Morgan fingerprint density at radius 1 is 1.39 bits per heavy atom. The van der Waals surface area contributed by atoms with Gasteiger partial charge in [-0.1, -0.05) is 20.8 Å². The Morgan fingerprint density at radius 2 is 2.06 bits per heavy atom. The number of amides is 1. The molecule has 0 radical (unpaired) electrons. The van der Waals surface area contributed by atoms with Gasteiger partial charge in [0.1, 0.15) is 0 Å². The predicted molar refractivity (Wildman–Crippen MR) is 77.0 cm³/mol. The summed E-state index contributed by atoms with van der Waals surface area (Å²) < 4.78 is 0. The zero-order valence-electron chi connectivity index (χ0n) is 12.2. The minimum Gasteiger partial charge on any atom is -0.342 e. The van der Waals surface area contributed by atoms with E-state index in [1.807, 2.05) is 4.90 Å². The fraction of sp³-hybridized carbons (Fsp3) is 0.800. The van der Waals surface area contributed by atoms with Crippen molar-refractivity contribution in [2.75, 3.05) is 19.6 Å². The van der Waals surface area contributed by atoms with Gasteiger partial charge in [0.25, 0.3) is 0 Å². The molecular weight excluding hydrogens is 224 g/mol. The van der Waals surface area contributed by atoms with E-state index in [0.717, 1.165) is 38.8 Å². The first kappa shape index (κ1) is 17.0. The predicted octanol–water partition coefficient (Wildman–Crippen LogP) is 2.40. The summed E-state index contributed by atoms with van der Waals surface area (Å²) in [4.78, 5) is 14.1. The van der Waals surface area contributed by atoms with E-state index in [0.29, 0.717) is 13.0 Å². The van der Waals surface area contributed by atoms with Crippen molar-refractivity contribution >= 4 is 5.91 Å². The highest BCUT2D eigenvalue weighted by molar-refractivity contribution is 5.76. The van der Waals surface area contributed by atoms with Crippen LogP contribution < -0.4 is 5.73 Å². The number of nitrogens with two attached hydrogens (primary N) is 1. The molecule has 0 aliphatic carbocycles. The average Bonchev–Trinajstić information content (AvgIpc) is 2.33. The number of hydrogen-bond acceptors (Lipinski definition) is 2. The molecule has 0 fully saturated rings. The number of carbonyl (C=O) groups is 1. The van der Waals surface area contributed by atoms with Gasteiger partial charge in [-0.2, -0.15) is 0 Å². The van der Waals surface area contributed by atoms with Crippen LogP contribution in [0.15, 0.2) is 0 Å². The summed E-state index contributed by atoms with van der Waals surface area (Å²) in [6, 6.07) is 0. The molecule has 3 nitrogen and oxygen atoms in total. The van der Waals surface area contributed by atoms with E-state index in [4.69, 9.17) is 12.2 Å². The Kier molecular flexibility index (Phi) is 8.49. The van der Waals surface area contributed by atoms with Gasteiger partial charge in [-0.15, -0.1) is 12.3 Å². The lowest BCUT2D eigenvalue weighted by Crippen LogP contribution is -2.42. The molecule has 0 saturated heterocycles. The molecule has 0 rings (SSSR count). The maximum absolute atomic E-state index is 12.1. The van der Waals surface area contributed by atoms with Crippen LogP contribution in [0.25, 0.3) is 0 Å². The lowest BCUT2D eigenvalue weighted by atomic mass is 9.93. The van der Waals surface area contributed by atoms with E-state index in [1.54, 1.807) is 0 Å². The lowest BCUT2D eigenvalue weighted by molar-refractivity contribution is -0.132. The molecule has 3 heteroatoms. The van der Waals surface area contributed by atoms with Crippen molar-refractivity contribution < 1.29 is 4.79 Å². The molecule has 0 unspecified atom stereocenters. The first-order chi connectivity index (χ1) is 8.46. The van der Waals surface area contributed by atoms with Crippen molar-refractivity contribution in [2.45, 2.75) is 52.9 Å². The summed E-state index contributed by atoms with van der Waals surface area (Å²) in [6.45, 7) is 8.44. The third-order valence-electron chi connectivity index (χ3n) is 2.98. The minimum atomic E-state index is -0.0103. The molecule has 104 valence electrons. The van der Waals surface area contributed by atoms with Crippen LogP contribution >= 0.6 is 0 Å². The molecular formula is C15H28N2O. The smallest absolute Gasteiger partial charge is 0.222 e. The Bertz CT molecular complexity index is 279. The molecule has 1 amide bonds. The Morgan fingerprint density at radius 3 is 2.56 bits per heavy atom. The maximum atomic E-state index is 12.1. The fourth-order valence-electron chi connectivity index (χ4n) is 1.80. The number of hydrogen-bond donors (Lipinski definition) is 1. The quantitative estimate of drug-likeness (QED) is 0.506. The number of rotatable bonds is 9. The summed E-state index contributed by atoms with van der Waals surface area (Å²) in [7, 11) is 0. The number of carbonyl (C=O) groups excluding carboxylic acids is 1. The molecule has 0 aliphatic heterocycles. The molecule has 2 N–H and O–H groups in total. The van der Waals surface area contributed by atoms with Crippen LogP contribution in [-0.4, -0.2) is 30.4 Å². The van der Waals surface area contributed by atoms with Gasteiger partial charge in [0, 0.05) is 25.9 Å². The standard InChI is InChI=1S/C15H28N2O/c1-5-7-8-9-10-14(18)17(11-6-2)13-15(3,4)12-16/h1H,6-13,16H2,2-4H3. The van der Waals surface area contributed by atoms with Gasteiger partial charge in [0.2, 0.25) is 5.91 Å². The summed E-state index contributed by atoms with van der Waals surface area (Å²) in [5.74, 6) is 2.83. The van der Waals surface area contributed by atoms with Gasteiger partial charge in [0.15, 0.2) is 0 Å². The van der Waals surface area contributed by atoms with Crippen LogP contribution in [0.4, 0.5) is 0 Å². The third-order valence-corrected chi connectivity index (χ3v) is 2.98. The zero-order valence-corrected chi connectivity index (χ0v) is 12.2. The van der Waals surface area contributed by atoms with Gasteiger partial charge >= 0.3 is 0 Å². The van der Waals surface area contributed by atoms with Crippen molar-refractivity contribution in [1.29, 1.82) is 0 Å². The van der Waals surface area contributed by atoms with Gasteiger partial charge in [-0.05, 0) is 31.2 Å². The number of unbranched alkanes of at least 4 members (excludes halogenated alkanes) is 2. The average molecular weight is 252 g/mol. The molecule has 18 heavy (non-hydrogen) atoms. The molecule has 0 aromatic heterocycles. The topological polar surface area (TPSA) is 46.3 Å². The Balaban J connectivity index is 4.23.